The lowest BCUT2D eigenvalue weighted by atomic mass is 10.1. The van der Waals surface area contributed by atoms with Gasteiger partial charge in [0.25, 0.3) is 0 Å². The molecule has 4 rings (SSSR count). The number of nitrogens with one attached hydrogen (secondary N) is 3. The van der Waals surface area contributed by atoms with Crippen molar-refractivity contribution in [3.8, 4) is 11.4 Å². The number of carbonyl (C=O) groups is 3. The number of carbonyl (C=O) groups excluding carboxylic acids is 3. The number of ether oxygens (including phenoxy) is 1. The Morgan fingerprint density at radius 1 is 1.23 bits per heavy atom. The summed E-state index contributed by atoms with van der Waals surface area (Å²) in [6.45, 7) is 2.42. The molecule has 0 saturated carbocycles. The molecule has 35 heavy (non-hydrogen) atoms. The lowest BCUT2D eigenvalue weighted by Gasteiger charge is -2.23. The average molecular weight is 499 g/mol. The molecular weight excluding hydrogens is 475 g/mol. The van der Waals surface area contributed by atoms with E-state index in [0.717, 1.165) is 17.4 Å². The fourth-order valence-electron chi connectivity index (χ4n) is 3.55. The van der Waals surface area contributed by atoms with E-state index in [-0.39, 0.29) is 30.4 Å². The highest BCUT2D eigenvalue weighted by Gasteiger charge is 2.27. The molecule has 4 amide bonds. The van der Waals surface area contributed by atoms with Gasteiger partial charge in [-0.1, -0.05) is 17.8 Å². The van der Waals surface area contributed by atoms with Crippen molar-refractivity contribution in [3.63, 3.8) is 0 Å². The van der Waals surface area contributed by atoms with Gasteiger partial charge in [0, 0.05) is 30.3 Å². The number of aromatic nitrogens is 3. The summed E-state index contributed by atoms with van der Waals surface area (Å²) in [5.41, 5.74) is 1.09. The second-order valence-corrected chi connectivity index (χ2v) is 8.58. The third kappa shape index (κ3) is 6.35. The highest BCUT2D eigenvalue weighted by molar-refractivity contribution is 7.99. The second kappa shape index (κ2) is 11.0. The maximum absolute atomic E-state index is 13.4. The Bertz CT molecular complexity index is 1220. The zero-order valence-corrected chi connectivity index (χ0v) is 19.6. The highest BCUT2D eigenvalue weighted by Crippen LogP contribution is 2.25. The van der Waals surface area contributed by atoms with Gasteiger partial charge in [0.05, 0.1) is 12.4 Å². The van der Waals surface area contributed by atoms with E-state index in [2.05, 4.69) is 26.1 Å². The van der Waals surface area contributed by atoms with E-state index in [1.165, 1.54) is 18.2 Å². The van der Waals surface area contributed by atoms with Gasteiger partial charge in [-0.15, -0.1) is 10.2 Å². The topological polar surface area (TPSA) is 127 Å². The Morgan fingerprint density at radius 3 is 2.74 bits per heavy atom. The molecule has 1 unspecified atom stereocenters. The Labute approximate surface area is 204 Å². The van der Waals surface area contributed by atoms with Crippen LogP contribution >= 0.6 is 11.8 Å². The van der Waals surface area contributed by atoms with E-state index in [1.54, 1.807) is 10.6 Å². The number of thioether (sulfide) groups is 1. The van der Waals surface area contributed by atoms with Crippen LogP contribution in [0.3, 0.4) is 0 Å². The molecule has 1 saturated heterocycles. The number of rotatable bonds is 9. The van der Waals surface area contributed by atoms with Gasteiger partial charge in [-0.25, -0.2) is 9.18 Å². The molecule has 3 aromatic rings. The number of amides is 4. The number of halogens is 1. The van der Waals surface area contributed by atoms with Crippen LogP contribution in [0.1, 0.15) is 19.2 Å². The zero-order valence-electron chi connectivity index (χ0n) is 18.8. The van der Waals surface area contributed by atoms with Crippen molar-refractivity contribution < 1.29 is 23.5 Å². The minimum absolute atomic E-state index is 0.00818. The first-order chi connectivity index (χ1) is 16.9. The van der Waals surface area contributed by atoms with Crippen LogP contribution in [-0.2, 0) is 16.0 Å². The van der Waals surface area contributed by atoms with E-state index in [4.69, 9.17) is 4.74 Å². The van der Waals surface area contributed by atoms with Gasteiger partial charge in [-0.2, -0.15) is 0 Å². The van der Waals surface area contributed by atoms with E-state index < -0.39 is 17.9 Å². The highest BCUT2D eigenvalue weighted by atomic mass is 32.2. The van der Waals surface area contributed by atoms with Crippen molar-refractivity contribution in [2.45, 2.75) is 31.0 Å². The third-order valence-corrected chi connectivity index (χ3v) is 5.92. The van der Waals surface area contributed by atoms with Crippen LogP contribution in [0.4, 0.5) is 14.9 Å². The largest absolute Gasteiger partial charge is 0.494 e. The quantitative estimate of drug-likeness (QED) is 0.387. The van der Waals surface area contributed by atoms with Gasteiger partial charge in [0.15, 0.2) is 5.16 Å². The van der Waals surface area contributed by atoms with E-state index in [1.807, 2.05) is 31.2 Å². The molecule has 12 heteroatoms. The summed E-state index contributed by atoms with van der Waals surface area (Å²) in [5.74, 6) is 0.0785. The van der Waals surface area contributed by atoms with Crippen molar-refractivity contribution >= 4 is 35.3 Å². The van der Waals surface area contributed by atoms with E-state index in [9.17, 15) is 18.8 Å². The summed E-state index contributed by atoms with van der Waals surface area (Å²) in [4.78, 5) is 35.9. The van der Waals surface area contributed by atoms with Gasteiger partial charge in [0.1, 0.15) is 17.4 Å². The molecule has 2 aromatic carbocycles. The van der Waals surface area contributed by atoms with Crippen LogP contribution in [0.5, 0.6) is 5.75 Å². The smallest absolute Gasteiger partial charge is 0.321 e. The fraction of sp³-hybridized carbons (Fsp3) is 0.261. The standard InChI is InChI=1S/C23H23FN6O4S/c1-2-34-18-8-6-17(7-9-18)30-19(11-16-12-20(31)27-22(33)26-16)28-29-23(30)35-13-21(32)25-15-5-3-4-14(24)10-15/h3-10,16H,2,11-13H2,1H3,(H,25,32)(H2,26,27,31,33). The predicted octanol–water partition coefficient (Wildman–Crippen LogP) is 2.68. The van der Waals surface area contributed by atoms with Crippen molar-refractivity contribution in [2.24, 2.45) is 0 Å². The van der Waals surface area contributed by atoms with Gasteiger partial charge >= 0.3 is 6.03 Å². The number of urea groups is 1. The number of benzene rings is 2. The monoisotopic (exact) mass is 498 g/mol. The van der Waals surface area contributed by atoms with Crippen molar-refractivity contribution in [3.05, 3.63) is 60.2 Å². The van der Waals surface area contributed by atoms with Crippen molar-refractivity contribution in [1.82, 2.24) is 25.4 Å². The first kappa shape index (κ1) is 24.2. The second-order valence-electron chi connectivity index (χ2n) is 7.64. The molecule has 3 N–H and O–H groups in total. The molecule has 0 spiro atoms. The summed E-state index contributed by atoms with van der Waals surface area (Å²) >= 11 is 1.16. The minimum Gasteiger partial charge on any atom is -0.494 e. The number of imide groups is 1. The summed E-state index contributed by atoms with van der Waals surface area (Å²) in [7, 11) is 0. The molecule has 1 aliphatic heterocycles. The first-order valence-electron chi connectivity index (χ1n) is 10.9. The van der Waals surface area contributed by atoms with Crippen LogP contribution in [0.15, 0.2) is 53.7 Å². The summed E-state index contributed by atoms with van der Waals surface area (Å²) in [6, 6.07) is 11.9. The van der Waals surface area contributed by atoms with Gasteiger partial charge in [0.2, 0.25) is 11.8 Å². The predicted molar refractivity (Wildman–Crippen MR) is 127 cm³/mol. The summed E-state index contributed by atoms with van der Waals surface area (Å²) in [5, 5.41) is 16.5. The number of anilines is 1. The molecule has 0 radical (unpaired) electrons. The van der Waals surface area contributed by atoms with E-state index >= 15 is 0 Å². The van der Waals surface area contributed by atoms with Crippen LogP contribution in [-0.4, -0.2) is 51.0 Å². The Morgan fingerprint density at radius 2 is 2.03 bits per heavy atom. The van der Waals surface area contributed by atoms with Gasteiger partial charge in [-0.3, -0.25) is 19.5 Å². The SMILES string of the molecule is CCOc1ccc(-n2c(CC3CC(=O)NC(=O)N3)nnc2SCC(=O)Nc2cccc(F)c2)cc1. The molecule has 10 nitrogen and oxygen atoms in total. The number of hydrogen-bond acceptors (Lipinski definition) is 7. The first-order valence-corrected chi connectivity index (χ1v) is 11.9. The van der Waals surface area contributed by atoms with Crippen molar-refractivity contribution in [1.29, 1.82) is 0 Å². The van der Waals surface area contributed by atoms with Gasteiger partial charge < -0.3 is 15.4 Å². The Balaban J connectivity index is 1.54. The van der Waals surface area contributed by atoms with Crippen LogP contribution in [0, 0.1) is 5.82 Å². The third-order valence-electron chi connectivity index (χ3n) is 5.00. The Kier molecular flexibility index (Phi) is 7.60. The molecule has 0 aliphatic carbocycles. The fourth-order valence-corrected chi connectivity index (χ4v) is 4.33. The molecular formula is C23H23FN6O4S. The zero-order chi connectivity index (χ0) is 24.8. The lowest BCUT2D eigenvalue weighted by Crippen LogP contribution is -2.53. The maximum atomic E-state index is 13.4. The minimum atomic E-state index is -0.554. The number of hydrogen-bond donors (Lipinski definition) is 3. The molecule has 1 fully saturated rings. The van der Waals surface area contributed by atoms with Crippen molar-refractivity contribution in [2.75, 3.05) is 17.7 Å². The number of nitrogens with zero attached hydrogens (tertiary/aromatic N) is 3. The molecule has 2 heterocycles. The normalized spacial score (nSPS) is 15.3. The van der Waals surface area contributed by atoms with E-state index in [0.29, 0.717) is 29.0 Å². The maximum Gasteiger partial charge on any atom is 0.321 e. The lowest BCUT2D eigenvalue weighted by molar-refractivity contribution is -0.121. The Hall–Kier alpha value is -3.93. The molecule has 1 aromatic heterocycles. The molecule has 1 atom stereocenters. The summed E-state index contributed by atoms with van der Waals surface area (Å²) < 4.78 is 20.7. The average Bonchev–Trinajstić information content (AvgIpc) is 3.20. The molecule has 0 bridgehead atoms. The summed E-state index contributed by atoms with van der Waals surface area (Å²) in [6.07, 6.45) is 0.371. The van der Waals surface area contributed by atoms with Crippen LogP contribution in [0.2, 0.25) is 0 Å². The molecule has 182 valence electrons. The van der Waals surface area contributed by atoms with Crippen LogP contribution in [0.25, 0.3) is 5.69 Å². The van der Waals surface area contributed by atoms with Gasteiger partial charge in [-0.05, 0) is 49.4 Å². The van der Waals surface area contributed by atoms with Crippen LogP contribution < -0.4 is 20.7 Å². The molecule has 1 aliphatic rings.